The molecule has 2 amide bonds. The molecule has 2 heterocycles. The van der Waals surface area contributed by atoms with E-state index in [2.05, 4.69) is 0 Å². The topological polar surface area (TPSA) is 49.9 Å². The second kappa shape index (κ2) is 7.52. The molecule has 0 spiro atoms. The first-order chi connectivity index (χ1) is 11.9. The lowest BCUT2D eigenvalue weighted by Crippen LogP contribution is -2.51. The van der Waals surface area contributed by atoms with Gasteiger partial charge in [-0.3, -0.25) is 9.59 Å². The highest BCUT2D eigenvalue weighted by atomic mass is 19.1. The van der Waals surface area contributed by atoms with Crippen LogP contribution in [0.4, 0.5) is 4.39 Å². The van der Waals surface area contributed by atoms with Crippen LogP contribution >= 0.6 is 0 Å². The van der Waals surface area contributed by atoms with Crippen LogP contribution < -0.4 is 0 Å². The van der Waals surface area contributed by atoms with Gasteiger partial charge in [0.15, 0.2) is 0 Å². The molecule has 2 fully saturated rings. The smallest absolute Gasteiger partial charge is 0.253 e. The maximum absolute atomic E-state index is 13.0. The molecule has 1 aromatic carbocycles. The Hall–Kier alpha value is -1.95. The summed E-state index contributed by atoms with van der Waals surface area (Å²) in [5.74, 6) is -0.306. The Morgan fingerprint density at radius 1 is 1.00 bits per heavy atom. The van der Waals surface area contributed by atoms with Gasteiger partial charge in [0.2, 0.25) is 5.91 Å². The molecule has 2 aliphatic heterocycles. The van der Waals surface area contributed by atoms with Crippen molar-refractivity contribution in [3.05, 3.63) is 35.6 Å². The van der Waals surface area contributed by atoms with Crippen LogP contribution in [0.25, 0.3) is 0 Å². The molecule has 0 N–H and O–H groups in total. The zero-order valence-corrected chi connectivity index (χ0v) is 14.8. The highest BCUT2D eigenvalue weighted by Gasteiger charge is 2.33. The van der Waals surface area contributed by atoms with Gasteiger partial charge in [0.1, 0.15) is 5.82 Å². The van der Waals surface area contributed by atoms with Crippen LogP contribution in [0.5, 0.6) is 0 Å². The number of amides is 2. The number of piperidine rings is 1. The lowest BCUT2D eigenvalue weighted by Gasteiger charge is -2.39. The van der Waals surface area contributed by atoms with Gasteiger partial charge in [0, 0.05) is 37.7 Å². The van der Waals surface area contributed by atoms with Crippen molar-refractivity contribution >= 4 is 11.8 Å². The second-order valence-corrected chi connectivity index (χ2v) is 7.07. The molecule has 2 atom stereocenters. The van der Waals surface area contributed by atoms with Crippen LogP contribution in [0.1, 0.15) is 37.0 Å². The fraction of sp³-hybridized carbons (Fsp3) is 0.579. The predicted octanol–water partition coefficient (Wildman–Crippen LogP) is 2.31. The molecule has 2 saturated heterocycles. The first-order valence-corrected chi connectivity index (χ1v) is 8.93. The molecule has 5 nitrogen and oxygen atoms in total. The summed E-state index contributed by atoms with van der Waals surface area (Å²) >= 11 is 0. The normalized spacial score (nSPS) is 25.1. The van der Waals surface area contributed by atoms with Gasteiger partial charge in [-0.1, -0.05) is 0 Å². The molecule has 25 heavy (non-hydrogen) atoms. The van der Waals surface area contributed by atoms with Gasteiger partial charge in [-0.05, 0) is 51.0 Å². The Morgan fingerprint density at radius 3 is 2.12 bits per heavy atom. The summed E-state index contributed by atoms with van der Waals surface area (Å²) in [7, 11) is 0. The average Bonchev–Trinajstić information content (AvgIpc) is 2.60. The largest absolute Gasteiger partial charge is 0.372 e. The zero-order valence-electron chi connectivity index (χ0n) is 14.8. The van der Waals surface area contributed by atoms with E-state index in [-0.39, 0.29) is 35.8 Å². The van der Waals surface area contributed by atoms with Crippen molar-refractivity contribution in [2.24, 2.45) is 5.92 Å². The number of ether oxygens (including phenoxy) is 1. The Balaban J connectivity index is 1.55. The van der Waals surface area contributed by atoms with E-state index in [4.69, 9.17) is 4.74 Å². The minimum atomic E-state index is -0.352. The molecular formula is C19H25FN2O3. The van der Waals surface area contributed by atoms with E-state index in [1.54, 1.807) is 4.90 Å². The van der Waals surface area contributed by atoms with Crippen molar-refractivity contribution in [1.29, 1.82) is 0 Å². The molecule has 0 bridgehead atoms. The quantitative estimate of drug-likeness (QED) is 0.824. The molecule has 0 aromatic heterocycles. The predicted molar refractivity (Wildman–Crippen MR) is 91.6 cm³/mol. The molecule has 0 aliphatic carbocycles. The highest BCUT2D eigenvalue weighted by Crippen LogP contribution is 2.23. The van der Waals surface area contributed by atoms with Crippen molar-refractivity contribution in [3.63, 3.8) is 0 Å². The van der Waals surface area contributed by atoms with Crippen LogP contribution in [0.2, 0.25) is 0 Å². The van der Waals surface area contributed by atoms with Crippen LogP contribution in [-0.4, -0.2) is 60.0 Å². The highest BCUT2D eigenvalue weighted by molar-refractivity contribution is 5.94. The number of halogens is 1. The lowest BCUT2D eigenvalue weighted by molar-refractivity contribution is -0.148. The summed E-state index contributed by atoms with van der Waals surface area (Å²) in [5, 5.41) is 0. The molecule has 0 saturated carbocycles. The van der Waals surface area contributed by atoms with Crippen molar-refractivity contribution in [3.8, 4) is 0 Å². The van der Waals surface area contributed by atoms with E-state index in [9.17, 15) is 14.0 Å². The van der Waals surface area contributed by atoms with Crippen molar-refractivity contribution in [1.82, 2.24) is 9.80 Å². The number of hydrogen-bond acceptors (Lipinski definition) is 3. The van der Waals surface area contributed by atoms with Gasteiger partial charge >= 0.3 is 0 Å². The van der Waals surface area contributed by atoms with E-state index in [1.165, 1.54) is 24.3 Å². The Bertz CT molecular complexity index is 616. The Kier molecular flexibility index (Phi) is 5.37. The number of nitrogens with zero attached hydrogens (tertiary/aromatic N) is 2. The van der Waals surface area contributed by atoms with E-state index >= 15 is 0 Å². The van der Waals surface area contributed by atoms with Crippen LogP contribution in [-0.2, 0) is 9.53 Å². The molecule has 0 radical (unpaired) electrons. The third-order valence-corrected chi connectivity index (χ3v) is 4.95. The molecule has 3 rings (SSSR count). The van der Waals surface area contributed by atoms with Gasteiger partial charge in [0.25, 0.3) is 5.91 Å². The van der Waals surface area contributed by atoms with Gasteiger partial charge in [0.05, 0.1) is 12.2 Å². The Morgan fingerprint density at radius 2 is 1.56 bits per heavy atom. The molecule has 2 unspecified atom stereocenters. The number of hydrogen-bond donors (Lipinski definition) is 0. The minimum absolute atomic E-state index is 0.0326. The van der Waals surface area contributed by atoms with Gasteiger partial charge in [-0.2, -0.15) is 0 Å². The monoisotopic (exact) mass is 348 g/mol. The maximum Gasteiger partial charge on any atom is 0.253 e. The number of likely N-dealkylation sites (tertiary alicyclic amines) is 1. The standard InChI is InChI=1S/C19H25FN2O3/c1-13-11-22(12-14(2)25-13)19(24)16-7-9-21(10-8-16)18(23)15-3-5-17(20)6-4-15/h3-6,13-14,16H,7-12H2,1-2H3. The molecular weight excluding hydrogens is 323 g/mol. The fourth-order valence-corrected chi connectivity index (χ4v) is 3.72. The van der Waals surface area contributed by atoms with Gasteiger partial charge in [-0.25, -0.2) is 4.39 Å². The number of carbonyl (C=O) groups is 2. The SMILES string of the molecule is CC1CN(C(=O)C2CCN(C(=O)c3ccc(F)cc3)CC2)CC(C)O1. The second-order valence-electron chi connectivity index (χ2n) is 7.07. The van der Waals surface area contributed by atoms with Crippen molar-refractivity contribution in [2.75, 3.05) is 26.2 Å². The summed E-state index contributed by atoms with van der Waals surface area (Å²) in [6.45, 7) is 6.36. The summed E-state index contributed by atoms with van der Waals surface area (Å²) in [6.07, 6.45) is 1.47. The number of morpholine rings is 1. The first kappa shape index (κ1) is 17.9. The fourth-order valence-electron chi connectivity index (χ4n) is 3.72. The van der Waals surface area contributed by atoms with Crippen LogP contribution in [0, 0.1) is 11.7 Å². The van der Waals surface area contributed by atoms with Crippen molar-refractivity contribution in [2.45, 2.75) is 38.9 Å². The lowest BCUT2D eigenvalue weighted by atomic mass is 9.94. The first-order valence-electron chi connectivity index (χ1n) is 8.93. The van der Waals surface area contributed by atoms with Crippen LogP contribution in [0.15, 0.2) is 24.3 Å². The number of carbonyl (C=O) groups excluding carboxylic acids is 2. The minimum Gasteiger partial charge on any atom is -0.372 e. The van der Waals surface area contributed by atoms with E-state index in [0.29, 0.717) is 44.6 Å². The summed E-state index contributed by atoms with van der Waals surface area (Å²) in [5.41, 5.74) is 0.488. The molecule has 2 aliphatic rings. The van der Waals surface area contributed by atoms with E-state index in [1.807, 2.05) is 18.7 Å². The van der Waals surface area contributed by atoms with E-state index < -0.39 is 0 Å². The molecule has 136 valence electrons. The summed E-state index contributed by atoms with van der Waals surface area (Å²) in [6, 6.07) is 5.60. The van der Waals surface area contributed by atoms with E-state index in [0.717, 1.165) is 0 Å². The van der Waals surface area contributed by atoms with Gasteiger partial charge in [-0.15, -0.1) is 0 Å². The Labute approximate surface area is 147 Å². The van der Waals surface area contributed by atoms with Crippen LogP contribution in [0.3, 0.4) is 0 Å². The third kappa shape index (κ3) is 4.18. The third-order valence-electron chi connectivity index (χ3n) is 4.95. The number of benzene rings is 1. The number of rotatable bonds is 2. The maximum atomic E-state index is 13.0. The zero-order chi connectivity index (χ0) is 18.0. The van der Waals surface area contributed by atoms with Gasteiger partial charge < -0.3 is 14.5 Å². The average molecular weight is 348 g/mol. The summed E-state index contributed by atoms with van der Waals surface area (Å²) in [4.78, 5) is 28.9. The van der Waals surface area contributed by atoms with Crippen molar-refractivity contribution < 1.29 is 18.7 Å². The molecule has 6 heteroatoms. The summed E-state index contributed by atoms with van der Waals surface area (Å²) < 4.78 is 18.7. The molecule has 1 aromatic rings.